The maximum atomic E-state index is 13.0. The van der Waals surface area contributed by atoms with Gasteiger partial charge < -0.3 is 14.6 Å². The number of hydrogen-bond acceptors (Lipinski definition) is 6. The third-order valence-corrected chi connectivity index (χ3v) is 4.73. The van der Waals surface area contributed by atoms with E-state index in [9.17, 15) is 14.7 Å². The molecule has 4 rings (SSSR count). The highest BCUT2D eigenvalue weighted by Gasteiger charge is 2.29. The first kappa shape index (κ1) is 20.0. The minimum atomic E-state index is -1.28. The number of carboxylic acid groups (broad SMARTS) is 1. The first-order valence-electron chi connectivity index (χ1n) is 9.58. The van der Waals surface area contributed by atoms with Crippen molar-refractivity contribution in [1.82, 2.24) is 4.98 Å². The van der Waals surface area contributed by atoms with Crippen LogP contribution in [0.25, 0.3) is 6.08 Å². The molecule has 0 fully saturated rings. The molecule has 0 saturated carbocycles. The van der Waals surface area contributed by atoms with E-state index in [1.807, 2.05) is 42.5 Å². The van der Waals surface area contributed by atoms with Crippen LogP contribution in [0.4, 0.5) is 5.69 Å². The molecule has 2 aromatic carbocycles. The summed E-state index contributed by atoms with van der Waals surface area (Å²) in [6, 6.07) is 18.8. The fraction of sp³-hybridized carbons (Fsp3) is 0.0833. The molecule has 2 heterocycles. The maximum Gasteiger partial charge on any atom is 0.280 e. The normalized spacial score (nSPS) is 14.6. The zero-order chi connectivity index (χ0) is 21.8. The first-order chi connectivity index (χ1) is 15.0. The van der Waals surface area contributed by atoms with Gasteiger partial charge in [-0.15, -0.1) is 0 Å². The number of carbonyl (C=O) groups excluding carboxylic acids is 2. The molecule has 0 spiro atoms. The number of aromatic carboxylic acids is 1. The van der Waals surface area contributed by atoms with Gasteiger partial charge in [-0.05, 0) is 48.9 Å². The van der Waals surface area contributed by atoms with Gasteiger partial charge in [-0.1, -0.05) is 36.4 Å². The highest BCUT2D eigenvalue weighted by atomic mass is 16.5. The highest BCUT2D eigenvalue weighted by molar-refractivity contribution is 6.32. The SMILES string of the molecule is CC1=NN(c2ccc(C(=O)[O-])cc2)C(=O)/C1=C/c1ccccc1OCc1ccccn1. The fourth-order valence-electron chi connectivity index (χ4n) is 3.12. The fourth-order valence-corrected chi connectivity index (χ4v) is 3.12. The number of rotatable bonds is 6. The second kappa shape index (κ2) is 8.62. The molecule has 31 heavy (non-hydrogen) atoms. The summed E-state index contributed by atoms with van der Waals surface area (Å²) in [6.45, 7) is 2.05. The minimum Gasteiger partial charge on any atom is -0.545 e. The van der Waals surface area contributed by atoms with Gasteiger partial charge >= 0.3 is 0 Å². The molecule has 0 atom stereocenters. The van der Waals surface area contributed by atoms with E-state index in [0.717, 1.165) is 11.3 Å². The van der Waals surface area contributed by atoms with Crippen molar-refractivity contribution in [2.45, 2.75) is 13.5 Å². The van der Waals surface area contributed by atoms with Crippen LogP contribution in [0.15, 0.2) is 83.6 Å². The van der Waals surface area contributed by atoms with Gasteiger partial charge in [0, 0.05) is 11.8 Å². The standard InChI is InChI=1S/C24H19N3O4/c1-16-21(23(28)27(26-16)20-11-9-17(10-12-20)24(29)30)14-18-6-2-3-8-22(18)31-15-19-7-4-5-13-25-19/h2-14H,15H2,1H3,(H,29,30)/p-1/b21-14+. The molecule has 0 N–H and O–H groups in total. The maximum absolute atomic E-state index is 13.0. The zero-order valence-electron chi connectivity index (χ0n) is 16.7. The van der Waals surface area contributed by atoms with Crippen LogP contribution < -0.4 is 14.9 Å². The number of hydrogen-bond donors (Lipinski definition) is 0. The van der Waals surface area contributed by atoms with Gasteiger partial charge in [0.2, 0.25) is 0 Å². The molecule has 0 aliphatic carbocycles. The molecule has 1 aliphatic rings. The smallest absolute Gasteiger partial charge is 0.280 e. The van der Waals surface area contributed by atoms with Crippen LogP contribution in [0.2, 0.25) is 0 Å². The number of para-hydroxylation sites is 1. The summed E-state index contributed by atoms with van der Waals surface area (Å²) in [5.74, 6) is -0.960. The van der Waals surface area contributed by atoms with E-state index in [4.69, 9.17) is 4.74 Å². The quantitative estimate of drug-likeness (QED) is 0.580. The van der Waals surface area contributed by atoms with Crippen molar-refractivity contribution in [2.24, 2.45) is 5.10 Å². The second-order valence-corrected chi connectivity index (χ2v) is 6.84. The Morgan fingerprint density at radius 2 is 1.81 bits per heavy atom. The number of nitrogens with zero attached hydrogens (tertiary/aromatic N) is 3. The predicted octanol–water partition coefficient (Wildman–Crippen LogP) is 2.83. The number of pyridine rings is 1. The van der Waals surface area contributed by atoms with Crippen LogP contribution >= 0.6 is 0 Å². The van der Waals surface area contributed by atoms with E-state index in [0.29, 0.717) is 29.3 Å². The molecule has 7 heteroatoms. The lowest BCUT2D eigenvalue weighted by Gasteiger charge is -2.13. The van der Waals surface area contributed by atoms with Crippen LogP contribution in [-0.4, -0.2) is 22.6 Å². The summed E-state index contributed by atoms with van der Waals surface area (Å²) in [4.78, 5) is 28.2. The number of amides is 1. The Kier molecular flexibility index (Phi) is 5.57. The van der Waals surface area contributed by atoms with Crippen molar-refractivity contribution < 1.29 is 19.4 Å². The largest absolute Gasteiger partial charge is 0.545 e. The summed E-state index contributed by atoms with van der Waals surface area (Å²) in [5.41, 5.74) is 3.02. The van der Waals surface area contributed by atoms with Crippen molar-refractivity contribution in [3.63, 3.8) is 0 Å². The zero-order valence-corrected chi connectivity index (χ0v) is 16.7. The average Bonchev–Trinajstić information content (AvgIpc) is 3.07. The minimum absolute atomic E-state index is 0.0332. The van der Waals surface area contributed by atoms with Crippen LogP contribution in [-0.2, 0) is 11.4 Å². The number of benzene rings is 2. The summed E-state index contributed by atoms with van der Waals surface area (Å²) >= 11 is 0. The Balaban J connectivity index is 1.57. The molecule has 0 unspecified atom stereocenters. The predicted molar refractivity (Wildman–Crippen MR) is 114 cm³/mol. The van der Waals surface area contributed by atoms with Crippen LogP contribution in [0, 0.1) is 0 Å². The van der Waals surface area contributed by atoms with Crippen molar-refractivity contribution in [1.29, 1.82) is 0 Å². The lowest BCUT2D eigenvalue weighted by Crippen LogP contribution is -2.23. The molecular formula is C24H18N3O4-. The Hall–Kier alpha value is -4.26. The lowest BCUT2D eigenvalue weighted by atomic mass is 10.1. The van der Waals surface area contributed by atoms with Crippen LogP contribution in [0.1, 0.15) is 28.5 Å². The summed E-state index contributed by atoms with van der Waals surface area (Å²) in [7, 11) is 0. The van der Waals surface area contributed by atoms with E-state index in [1.54, 1.807) is 19.2 Å². The molecular weight excluding hydrogens is 394 g/mol. The van der Waals surface area contributed by atoms with E-state index < -0.39 is 5.97 Å². The number of carbonyl (C=O) groups is 2. The van der Waals surface area contributed by atoms with Gasteiger partial charge in [0.25, 0.3) is 5.91 Å². The van der Waals surface area contributed by atoms with Crippen molar-refractivity contribution in [2.75, 3.05) is 5.01 Å². The van der Waals surface area contributed by atoms with E-state index in [1.165, 1.54) is 29.3 Å². The lowest BCUT2D eigenvalue weighted by molar-refractivity contribution is -0.255. The number of aromatic nitrogens is 1. The van der Waals surface area contributed by atoms with Gasteiger partial charge in [0.05, 0.1) is 28.6 Å². The Morgan fingerprint density at radius 3 is 2.52 bits per heavy atom. The van der Waals surface area contributed by atoms with Gasteiger partial charge in [-0.2, -0.15) is 10.1 Å². The summed E-state index contributed by atoms with van der Waals surface area (Å²) in [5, 5.41) is 16.5. The molecule has 154 valence electrons. The number of ether oxygens (including phenoxy) is 1. The monoisotopic (exact) mass is 412 g/mol. The van der Waals surface area contributed by atoms with Crippen molar-refractivity contribution in [3.8, 4) is 5.75 Å². The molecule has 0 saturated heterocycles. The second-order valence-electron chi connectivity index (χ2n) is 6.84. The average molecular weight is 412 g/mol. The summed E-state index contributed by atoms with van der Waals surface area (Å²) < 4.78 is 5.92. The topological polar surface area (TPSA) is 94.9 Å². The van der Waals surface area contributed by atoms with Crippen LogP contribution in [0.3, 0.4) is 0 Å². The van der Waals surface area contributed by atoms with Gasteiger partial charge in [0.15, 0.2) is 0 Å². The molecule has 3 aromatic rings. The molecule has 0 bridgehead atoms. The summed E-state index contributed by atoms with van der Waals surface area (Å²) in [6.07, 6.45) is 3.45. The van der Waals surface area contributed by atoms with Gasteiger partial charge in [0.1, 0.15) is 12.4 Å². The van der Waals surface area contributed by atoms with Crippen LogP contribution in [0.5, 0.6) is 5.75 Å². The Labute approximate surface area is 178 Å². The van der Waals surface area contributed by atoms with E-state index in [2.05, 4.69) is 10.1 Å². The number of hydrazone groups is 1. The van der Waals surface area contributed by atoms with E-state index >= 15 is 0 Å². The van der Waals surface area contributed by atoms with Gasteiger partial charge in [-0.3, -0.25) is 9.78 Å². The third-order valence-electron chi connectivity index (χ3n) is 4.73. The molecule has 7 nitrogen and oxygen atoms in total. The molecule has 1 aliphatic heterocycles. The van der Waals surface area contributed by atoms with Crippen molar-refractivity contribution in [3.05, 3.63) is 95.3 Å². The number of carboxylic acids is 1. The van der Waals surface area contributed by atoms with Crippen molar-refractivity contribution >= 4 is 29.4 Å². The molecule has 1 amide bonds. The first-order valence-corrected chi connectivity index (χ1v) is 9.58. The highest BCUT2D eigenvalue weighted by Crippen LogP contribution is 2.28. The molecule has 0 radical (unpaired) electrons. The number of anilines is 1. The molecule has 1 aromatic heterocycles. The Bertz CT molecular complexity index is 1180. The van der Waals surface area contributed by atoms with Gasteiger partial charge in [-0.25, -0.2) is 0 Å². The van der Waals surface area contributed by atoms with E-state index in [-0.39, 0.29) is 11.5 Å². The Morgan fingerprint density at radius 1 is 1.06 bits per heavy atom. The third kappa shape index (κ3) is 4.35.